The van der Waals surface area contributed by atoms with Crippen LogP contribution in [0.25, 0.3) is 10.9 Å². The normalized spacial score (nSPS) is 11.9. The molecule has 28 heavy (non-hydrogen) atoms. The Morgan fingerprint density at radius 2 is 1.75 bits per heavy atom. The zero-order chi connectivity index (χ0) is 20.4. The van der Waals surface area contributed by atoms with Crippen LogP contribution in [-0.2, 0) is 14.3 Å². The number of hydrogen-bond acceptors (Lipinski definition) is 5. The summed E-state index contributed by atoms with van der Waals surface area (Å²) in [5, 5.41) is 0.757. The molecule has 0 radical (unpaired) electrons. The Bertz CT molecular complexity index is 1090. The van der Waals surface area contributed by atoms with Crippen molar-refractivity contribution < 1.29 is 32.2 Å². The number of fused-ring (bicyclic) bond motifs is 1. The Morgan fingerprint density at radius 1 is 1.04 bits per heavy atom. The number of methoxy groups -OCH3 is 1. The van der Waals surface area contributed by atoms with Gasteiger partial charge in [0.2, 0.25) is 6.10 Å². The first-order valence-corrected chi connectivity index (χ1v) is 8.17. The van der Waals surface area contributed by atoms with Crippen molar-refractivity contribution >= 4 is 34.4 Å². The number of ether oxygens (including phenoxy) is 2. The zero-order valence-electron chi connectivity index (χ0n) is 14.2. The van der Waals surface area contributed by atoms with E-state index in [1.165, 1.54) is 30.5 Å². The number of aromatic nitrogens is 1. The first kappa shape index (κ1) is 19.6. The highest BCUT2D eigenvalue weighted by Crippen LogP contribution is 2.28. The van der Waals surface area contributed by atoms with Crippen LogP contribution >= 0.6 is 11.6 Å². The Hall–Kier alpha value is -3.13. The van der Waals surface area contributed by atoms with Gasteiger partial charge in [-0.1, -0.05) is 17.7 Å². The Kier molecular flexibility index (Phi) is 5.51. The van der Waals surface area contributed by atoms with Gasteiger partial charge in [0.05, 0.1) is 18.2 Å². The van der Waals surface area contributed by atoms with Crippen LogP contribution in [0.5, 0.6) is 0 Å². The van der Waals surface area contributed by atoms with Gasteiger partial charge in [0.1, 0.15) is 5.82 Å². The molecule has 1 heterocycles. The van der Waals surface area contributed by atoms with Gasteiger partial charge in [-0.25, -0.2) is 22.8 Å². The van der Waals surface area contributed by atoms with Gasteiger partial charge in [0.25, 0.3) is 0 Å². The molecule has 0 spiro atoms. The number of rotatable bonds is 4. The minimum Gasteiger partial charge on any atom is -0.466 e. The molecule has 0 N–H and O–H groups in total. The topological polar surface area (TPSA) is 65.5 Å². The molecular formula is C19H11ClF3NO4. The molecule has 0 bridgehead atoms. The highest BCUT2D eigenvalue weighted by Gasteiger charge is 2.31. The first-order valence-electron chi connectivity index (χ1n) is 7.79. The van der Waals surface area contributed by atoms with Gasteiger partial charge in [0, 0.05) is 28.2 Å². The molecule has 0 saturated heterocycles. The Morgan fingerprint density at radius 3 is 2.46 bits per heavy atom. The molecule has 0 amide bonds. The predicted octanol–water partition coefficient (Wildman–Crippen LogP) is 4.38. The minimum atomic E-state index is -1.94. The second kappa shape index (κ2) is 7.85. The lowest BCUT2D eigenvalue weighted by molar-refractivity contribution is -0.151. The van der Waals surface area contributed by atoms with Crippen LogP contribution in [0.4, 0.5) is 13.2 Å². The number of esters is 2. The molecule has 1 aromatic heterocycles. The average molecular weight is 410 g/mol. The SMILES string of the molecule is COC(=O)C(OC(=O)c1ccnc2cc(Cl)ccc12)c1cc(F)c(F)cc1F. The largest absolute Gasteiger partial charge is 0.466 e. The van der Waals surface area contributed by atoms with E-state index >= 15 is 0 Å². The van der Waals surface area contributed by atoms with Gasteiger partial charge in [-0.15, -0.1) is 0 Å². The number of carbonyl (C=O) groups is 2. The third-order valence-corrected chi connectivity index (χ3v) is 4.12. The fourth-order valence-corrected chi connectivity index (χ4v) is 2.72. The van der Waals surface area contributed by atoms with Gasteiger partial charge in [-0.3, -0.25) is 4.98 Å². The third kappa shape index (κ3) is 3.77. The number of pyridine rings is 1. The molecule has 2 aromatic carbocycles. The lowest BCUT2D eigenvalue weighted by atomic mass is 10.1. The van der Waals surface area contributed by atoms with E-state index in [4.69, 9.17) is 16.3 Å². The molecule has 5 nitrogen and oxygen atoms in total. The van der Waals surface area contributed by atoms with Crippen LogP contribution in [0.3, 0.4) is 0 Å². The van der Waals surface area contributed by atoms with Crippen molar-refractivity contribution in [2.24, 2.45) is 0 Å². The summed E-state index contributed by atoms with van der Waals surface area (Å²) in [5.74, 6) is -6.32. The van der Waals surface area contributed by atoms with E-state index in [-0.39, 0.29) is 11.6 Å². The fourth-order valence-electron chi connectivity index (χ4n) is 2.55. The van der Waals surface area contributed by atoms with Crippen LogP contribution < -0.4 is 0 Å². The summed E-state index contributed by atoms with van der Waals surface area (Å²) >= 11 is 5.90. The molecule has 144 valence electrons. The molecule has 3 rings (SSSR count). The molecule has 0 aliphatic carbocycles. The van der Waals surface area contributed by atoms with E-state index in [1.54, 1.807) is 0 Å². The van der Waals surface area contributed by atoms with Crippen molar-refractivity contribution in [1.29, 1.82) is 0 Å². The van der Waals surface area contributed by atoms with E-state index in [1.807, 2.05) is 0 Å². The van der Waals surface area contributed by atoms with Crippen molar-refractivity contribution in [2.45, 2.75) is 6.10 Å². The van der Waals surface area contributed by atoms with Crippen LogP contribution in [0.1, 0.15) is 22.0 Å². The number of benzene rings is 2. The van der Waals surface area contributed by atoms with Crippen molar-refractivity contribution in [1.82, 2.24) is 4.98 Å². The van der Waals surface area contributed by atoms with Gasteiger partial charge in [-0.2, -0.15) is 0 Å². The van der Waals surface area contributed by atoms with E-state index < -0.39 is 41.1 Å². The van der Waals surface area contributed by atoms with Crippen LogP contribution in [-0.4, -0.2) is 24.0 Å². The first-order chi connectivity index (χ1) is 13.3. The van der Waals surface area contributed by atoms with E-state index in [2.05, 4.69) is 9.72 Å². The number of nitrogens with zero attached hydrogens (tertiary/aromatic N) is 1. The number of hydrogen-bond donors (Lipinski definition) is 0. The molecule has 0 saturated carbocycles. The second-order valence-corrected chi connectivity index (χ2v) is 6.05. The Labute approximate surface area is 161 Å². The smallest absolute Gasteiger partial charge is 0.352 e. The quantitative estimate of drug-likeness (QED) is 0.472. The van der Waals surface area contributed by atoms with Crippen molar-refractivity contribution in [3.05, 3.63) is 76.2 Å². The van der Waals surface area contributed by atoms with Gasteiger partial charge in [-0.05, 0) is 24.3 Å². The molecule has 0 fully saturated rings. The predicted molar refractivity (Wildman–Crippen MR) is 93.2 cm³/mol. The monoisotopic (exact) mass is 409 g/mol. The molecule has 0 aliphatic heterocycles. The van der Waals surface area contributed by atoms with Gasteiger partial charge in [0.15, 0.2) is 11.6 Å². The zero-order valence-corrected chi connectivity index (χ0v) is 15.0. The summed E-state index contributed by atoms with van der Waals surface area (Å²) in [4.78, 5) is 28.7. The second-order valence-electron chi connectivity index (χ2n) is 5.62. The highest BCUT2D eigenvalue weighted by atomic mass is 35.5. The molecule has 1 unspecified atom stereocenters. The molecule has 3 aromatic rings. The molecule has 1 atom stereocenters. The summed E-state index contributed by atoms with van der Waals surface area (Å²) in [5.41, 5.74) is -0.283. The lowest BCUT2D eigenvalue weighted by Gasteiger charge is -2.17. The van der Waals surface area contributed by atoms with Crippen molar-refractivity contribution in [2.75, 3.05) is 7.11 Å². The van der Waals surface area contributed by atoms with E-state index in [0.717, 1.165) is 7.11 Å². The summed E-state index contributed by atoms with van der Waals surface area (Å²) in [7, 11) is 0.977. The summed E-state index contributed by atoms with van der Waals surface area (Å²) in [6.07, 6.45) is -0.622. The Balaban J connectivity index is 2.02. The summed E-state index contributed by atoms with van der Waals surface area (Å²) < 4.78 is 50.4. The van der Waals surface area contributed by atoms with Crippen LogP contribution in [0.15, 0.2) is 42.6 Å². The highest BCUT2D eigenvalue weighted by molar-refractivity contribution is 6.31. The summed E-state index contributed by atoms with van der Waals surface area (Å²) in [6, 6.07) is 6.57. The molecule has 0 aliphatic rings. The van der Waals surface area contributed by atoms with Crippen molar-refractivity contribution in [3.8, 4) is 0 Å². The van der Waals surface area contributed by atoms with E-state index in [0.29, 0.717) is 22.0 Å². The van der Waals surface area contributed by atoms with Crippen LogP contribution in [0.2, 0.25) is 5.02 Å². The number of halogens is 4. The minimum absolute atomic E-state index is 0.0126. The molecule has 9 heteroatoms. The van der Waals surface area contributed by atoms with Gasteiger partial charge >= 0.3 is 11.9 Å². The standard InChI is InChI=1S/C19H11ClF3NO4/c1-27-19(26)17(12-7-14(22)15(23)8-13(12)21)28-18(25)11-4-5-24-16-6-9(20)2-3-10(11)16/h2-8,17H,1H3. The maximum atomic E-state index is 14.1. The van der Waals surface area contributed by atoms with Crippen LogP contribution in [0, 0.1) is 17.5 Å². The maximum Gasteiger partial charge on any atom is 0.352 e. The lowest BCUT2D eigenvalue weighted by Crippen LogP contribution is -2.22. The third-order valence-electron chi connectivity index (χ3n) is 3.89. The van der Waals surface area contributed by atoms with Gasteiger partial charge < -0.3 is 9.47 Å². The average Bonchev–Trinajstić information content (AvgIpc) is 2.67. The maximum absolute atomic E-state index is 14.1. The number of carbonyl (C=O) groups excluding carboxylic acids is 2. The van der Waals surface area contributed by atoms with E-state index in [9.17, 15) is 22.8 Å². The molecular weight excluding hydrogens is 399 g/mol. The summed E-state index contributed by atoms with van der Waals surface area (Å²) in [6.45, 7) is 0. The fraction of sp³-hybridized carbons (Fsp3) is 0.105. The van der Waals surface area contributed by atoms with Crippen molar-refractivity contribution in [3.63, 3.8) is 0 Å².